The lowest BCUT2D eigenvalue weighted by Gasteiger charge is -2.19. The number of thiophene rings is 1. The lowest BCUT2D eigenvalue weighted by Crippen LogP contribution is -2.18. The van der Waals surface area contributed by atoms with Gasteiger partial charge in [0, 0.05) is 25.3 Å². The molecule has 0 bridgehead atoms. The van der Waals surface area contributed by atoms with E-state index in [4.69, 9.17) is 0 Å². The van der Waals surface area contributed by atoms with E-state index in [1.807, 2.05) is 16.8 Å². The monoisotopic (exact) mass is 403 g/mol. The van der Waals surface area contributed by atoms with Crippen molar-refractivity contribution in [3.8, 4) is 0 Å². The van der Waals surface area contributed by atoms with Crippen molar-refractivity contribution >= 4 is 38.4 Å². The second-order valence-electron chi connectivity index (χ2n) is 5.87. The topological polar surface area (TPSA) is 92.6 Å². The zero-order valence-corrected chi connectivity index (χ0v) is 16.0. The Morgan fingerprint density at radius 1 is 1.15 bits per heavy atom. The molecule has 3 aromatic rings. The van der Waals surface area contributed by atoms with Gasteiger partial charge in [-0.15, -0.1) is 0 Å². The maximum absolute atomic E-state index is 12.6. The van der Waals surface area contributed by atoms with E-state index in [-0.39, 0.29) is 10.6 Å². The largest absolute Gasteiger partial charge is 0.365 e. The van der Waals surface area contributed by atoms with Crippen molar-refractivity contribution in [2.45, 2.75) is 11.4 Å². The molecule has 7 nitrogen and oxygen atoms in total. The number of hydrogen-bond donors (Lipinski definition) is 1. The highest BCUT2D eigenvalue weighted by atomic mass is 32.2. The number of sulfonamides is 1. The fourth-order valence-corrected chi connectivity index (χ4v) is 4.34. The van der Waals surface area contributed by atoms with Crippen LogP contribution in [0.1, 0.15) is 5.56 Å². The third-order valence-electron chi connectivity index (χ3n) is 3.89. The van der Waals surface area contributed by atoms with Crippen LogP contribution in [0.3, 0.4) is 0 Å². The van der Waals surface area contributed by atoms with E-state index in [0.717, 1.165) is 11.6 Å². The summed E-state index contributed by atoms with van der Waals surface area (Å²) in [4.78, 5) is 12.5. The molecule has 0 atom stereocenters. The van der Waals surface area contributed by atoms with Gasteiger partial charge < -0.3 is 4.90 Å². The molecule has 2 aromatic carbocycles. The molecule has 0 aliphatic carbocycles. The summed E-state index contributed by atoms with van der Waals surface area (Å²) in [6.45, 7) is 0.485. The van der Waals surface area contributed by atoms with Crippen LogP contribution in [0.15, 0.2) is 70.3 Å². The quantitative estimate of drug-likeness (QED) is 0.474. The molecular formula is C18H17N3O4S2. The van der Waals surface area contributed by atoms with Gasteiger partial charge in [0.25, 0.3) is 15.7 Å². The number of hydrogen-bond acceptors (Lipinski definition) is 6. The van der Waals surface area contributed by atoms with Gasteiger partial charge in [0.05, 0.1) is 9.82 Å². The average Bonchev–Trinajstić information content (AvgIpc) is 3.14. The van der Waals surface area contributed by atoms with Crippen molar-refractivity contribution in [2.75, 3.05) is 16.7 Å². The molecule has 0 unspecified atom stereocenters. The molecule has 0 saturated carbocycles. The highest BCUT2D eigenvalue weighted by molar-refractivity contribution is 7.92. The lowest BCUT2D eigenvalue weighted by atomic mass is 10.2. The number of anilines is 2. The summed E-state index contributed by atoms with van der Waals surface area (Å²) in [5.41, 5.74) is 1.51. The molecule has 9 heteroatoms. The number of benzene rings is 2. The highest BCUT2D eigenvalue weighted by Gasteiger charge is 2.23. The van der Waals surface area contributed by atoms with Gasteiger partial charge in [0.15, 0.2) is 0 Å². The molecule has 140 valence electrons. The second kappa shape index (κ2) is 7.77. The summed E-state index contributed by atoms with van der Waals surface area (Å²) in [6, 6.07) is 14.2. The fourth-order valence-electron chi connectivity index (χ4n) is 2.60. The van der Waals surface area contributed by atoms with Crippen LogP contribution in [-0.2, 0) is 16.6 Å². The van der Waals surface area contributed by atoms with Crippen molar-refractivity contribution in [2.24, 2.45) is 0 Å². The maximum Gasteiger partial charge on any atom is 0.293 e. The maximum atomic E-state index is 12.6. The highest BCUT2D eigenvalue weighted by Crippen LogP contribution is 2.31. The molecule has 0 aliphatic rings. The molecule has 3 rings (SSSR count). The molecule has 1 heterocycles. The first-order valence-electron chi connectivity index (χ1n) is 7.95. The molecule has 0 aliphatic heterocycles. The zero-order valence-electron chi connectivity index (χ0n) is 14.4. The summed E-state index contributed by atoms with van der Waals surface area (Å²) in [5, 5.41) is 15.4. The summed E-state index contributed by atoms with van der Waals surface area (Å²) in [5.74, 6) is 0. The fraction of sp³-hybridized carbons (Fsp3) is 0.111. The Hall–Kier alpha value is -2.91. The van der Waals surface area contributed by atoms with E-state index in [9.17, 15) is 18.5 Å². The Kier molecular flexibility index (Phi) is 5.43. The first kappa shape index (κ1) is 18.9. The lowest BCUT2D eigenvalue weighted by molar-refractivity contribution is -0.384. The smallest absolute Gasteiger partial charge is 0.293 e. The predicted octanol–water partition coefficient (Wildman–Crippen LogP) is 4.09. The number of nitro benzene ring substituents is 1. The van der Waals surface area contributed by atoms with E-state index in [0.29, 0.717) is 17.9 Å². The van der Waals surface area contributed by atoms with Crippen LogP contribution >= 0.6 is 11.3 Å². The van der Waals surface area contributed by atoms with Gasteiger partial charge in [-0.2, -0.15) is 11.3 Å². The first-order chi connectivity index (χ1) is 12.9. The van der Waals surface area contributed by atoms with Crippen molar-refractivity contribution in [3.63, 3.8) is 0 Å². The summed E-state index contributed by atoms with van der Waals surface area (Å²) < 4.78 is 27.6. The van der Waals surface area contributed by atoms with Crippen LogP contribution in [0.5, 0.6) is 0 Å². The summed E-state index contributed by atoms with van der Waals surface area (Å²) >= 11 is 1.55. The van der Waals surface area contributed by atoms with Crippen molar-refractivity contribution < 1.29 is 13.3 Å². The predicted molar refractivity (Wildman–Crippen MR) is 107 cm³/mol. The molecule has 0 radical (unpaired) electrons. The van der Waals surface area contributed by atoms with Gasteiger partial charge in [-0.25, -0.2) is 8.42 Å². The van der Waals surface area contributed by atoms with Crippen LogP contribution in [0.4, 0.5) is 17.1 Å². The Labute approximate surface area is 161 Å². The van der Waals surface area contributed by atoms with Crippen LogP contribution in [0.2, 0.25) is 0 Å². The van der Waals surface area contributed by atoms with Crippen LogP contribution < -0.4 is 9.62 Å². The molecule has 1 N–H and O–H groups in total. The summed E-state index contributed by atoms with van der Waals surface area (Å²) in [6.07, 6.45) is 0. The SMILES string of the molecule is CN(Cc1ccsc1)c1ccc(S(=O)(=O)Nc2ccccc2)cc1[N+](=O)[O-]. The van der Waals surface area contributed by atoms with Gasteiger partial charge in [0.2, 0.25) is 0 Å². The van der Waals surface area contributed by atoms with Gasteiger partial charge in [-0.3, -0.25) is 14.8 Å². The van der Waals surface area contributed by atoms with Crippen LogP contribution in [-0.4, -0.2) is 20.4 Å². The van der Waals surface area contributed by atoms with E-state index in [1.54, 1.807) is 53.6 Å². The molecule has 0 amide bonds. The van der Waals surface area contributed by atoms with Crippen molar-refractivity contribution in [1.29, 1.82) is 0 Å². The van der Waals surface area contributed by atoms with Crippen LogP contribution in [0.25, 0.3) is 0 Å². The van der Waals surface area contributed by atoms with Gasteiger partial charge in [-0.1, -0.05) is 18.2 Å². The average molecular weight is 403 g/mol. The van der Waals surface area contributed by atoms with Crippen molar-refractivity contribution in [3.05, 3.63) is 81.0 Å². The minimum Gasteiger partial charge on any atom is -0.365 e. The third kappa shape index (κ3) is 4.44. The Balaban J connectivity index is 1.92. The van der Waals surface area contributed by atoms with Gasteiger partial charge in [0.1, 0.15) is 5.69 Å². The van der Waals surface area contributed by atoms with Crippen molar-refractivity contribution in [1.82, 2.24) is 0 Å². The van der Waals surface area contributed by atoms with Gasteiger partial charge >= 0.3 is 0 Å². The van der Waals surface area contributed by atoms with E-state index < -0.39 is 14.9 Å². The molecule has 0 fully saturated rings. The van der Waals surface area contributed by atoms with E-state index in [1.165, 1.54) is 12.1 Å². The van der Waals surface area contributed by atoms with Gasteiger partial charge in [-0.05, 0) is 46.7 Å². The molecule has 0 spiro atoms. The third-order valence-corrected chi connectivity index (χ3v) is 6.00. The molecule has 27 heavy (non-hydrogen) atoms. The minimum absolute atomic E-state index is 0.161. The van der Waals surface area contributed by atoms with E-state index >= 15 is 0 Å². The molecular weight excluding hydrogens is 386 g/mol. The Morgan fingerprint density at radius 2 is 1.89 bits per heavy atom. The van der Waals surface area contributed by atoms with E-state index in [2.05, 4.69) is 4.72 Å². The first-order valence-corrected chi connectivity index (χ1v) is 10.4. The molecule has 0 saturated heterocycles. The number of nitro groups is 1. The number of para-hydroxylation sites is 1. The standard InChI is InChI=1S/C18H17N3O4S2/c1-20(12-14-9-10-26-13-14)17-8-7-16(11-18(17)21(22)23)27(24,25)19-15-5-3-2-4-6-15/h2-11,13,19H,12H2,1H3. The Morgan fingerprint density at radius 3 is 2.52 bits per heavy atom. The zero-order chi connectivity index (χ0) is 19.4. The molecule has 1 aromatic heterocycles. The number of nitrogens with one attached hydrogen (secondary N) is 1. The van der Waals surface area contributed by atoms with Crippen LogP contribution in [0, 0.1) is 10.1 Å². The number of nitrogens with zero attached hydrogens (tertiary/aromatic N) is 2. The number of rotatable bonds is 7. The second-order valence-corrected chi connectivity index (χ2v) is 8.33. The minimum atomic E-state index is -3.93. The Bertz CT molecular complexity index is 1040. The normalized spacial score (nSPS) is 11.1. The summed E-state index contributed by atoms with van der Waals surface area (Å²) in [7, 11) is -2.20.